The normalized spacial score (nSPS) is 28.6. The summed E-state index contributed by atoms with van der Waals surface area (Å²) < 4.78 is 21.3. The van der Waals surface area contributed by atoms with Crippen molar-refractivity contribution in [2.75, 3.05) is 25.2 Å². The average molecular weight is 370 g/mol. The van der Waals surface area contributed by atoms with Gasteiger partial charge in [-0.3, -0.25) is 4.57 Å². The molecule has 1 saturated heterocycles. The standard InChI is InChI=1S/C16H24FN4O3P/c1-8(7-25(2,3)4)13-11(22)12(23)15(24-13)21-14-10(20-16(21)17)9(18)5-6-19-14/h5-6,8,11-13,15,22-23H,2,7H2,1,3-4H3,(H2,18,19)/t8?,11-,12+,13+,15+/m0/s1. The van der Waals surface area contributed by atoms with Crippen LogP contribution in [-0.2, 0) is 4.74 Å². The van der Waals surface area contributed by atoms with Gasteiger partial charge in [-0.05, 0) is 31.5 Å². The molecule has 0 aliphatic carbocycles. The van der Waals surface area contributed by atoms with Crippen molar-refractivity contribution in [3.8, 4) is 0 Å². The summed E-state index contributed by atoms with van der Waals surface area (Å²) in [5, 5.41) is 20.9. The van der Waals surface area contributed by atoms with Crippen molar-refractivity contribution >= 4 is 30.0 Å². The molecule has 0 amide bonds. The molecular formula is C16H24FN4O3P. The predicted octanol–water partition coefficient (Wildman–Crippen LogP) is 1.12. The van der Waals surface area contributed by atoms with E-state index in [1.807, 2.05) is 6.92 Å². The van der Waals surface area contributed by atoms with Gasteiger partial charge in [-0.25, -0.2) is 4.98 Å². The summed E-state index contributed by atoms with van der Waals surface area (Å²) in [4.78, 5) is 7.88. The summed E-state index contributed by atoms with van der Waals surface area (Å²) in [5.41, 5.74) is 6.46. The van der Waals surface area contributed by atoms with Crippen molar-refractivity contribution < 1.29 is 19.3 Å². The Kier molecular flexibility index (Phi) is 4.66. The Hall–Kier alpha value is -1.47. The van der Waals surface area contributed by atoms with Gasteiger partial charge in [0.05, 0.1) is 11.8 Å². The van der Waals surface area contributed by atoms with Gasteiger partial charge in [0, 0.05) is 6.20 Å². The largest absolute Gasteiger partial charge is 0.397 e. The molecule has 9 heteroatoms. The smallest absolute Gasteiger partial charge is 0.293 e. The zero-order valence-corrected chi connectivity index (χ0v) is 15.4. The van der Waals surface area contributed by atoms with Gasteiger partial charge in [-0.1, -0.05) is 6.92 Å². The number of fused-ring (bicyclic) bond motifs is 1. The minimum absolute atomic E-state index is 0.0358. The topological polar surface area (TPSA) is 106 Å². The second-order valence-electron chi connectivity index (χ2n) is 7.39. The number of nitrogen functional groups attached to an aromatic ring is 1. The van der Waals surface area contributed by atoms with E-state index in [0.29, 0.717) is 0 Å². The minimum atomic E-state index is -1.35. The van der Waals surface area contributed by atoms with Crippen molar-refractivity contribution in [2.45, 2.75) is 31.5 Å². The van der Waals surface area contributed by atoms with Gasteiger partial charge in [-0.2, -0.15) is 9.37 Å². The van der Waals surface area contributed by atoms with Gasteiger partial charge >= 0.3 is 0 Å². The maximum atomic E-state index is 14.4. The minimum Gasteiger partial charge on any atom is -0.397 e. The number of pyridine rings is 1. The number of anilines is 1. The van der Waals surface area contributed by atoms with Crippen molar-refractivity contribution in [1.29, 1.82) is 0 Å². The summed E-state index contributed by atoms with van der Waals surface area (Å²) >= 11 is 0. The third-order valence-corrected chi connectivity index (χ3v) is 6.00. The van der Waals surface area contributed by atoms with Gasteiger partial charge in [-0.15, -0.1) is 13.2 Å². The molecule has 7 nitrogen and oxygen atoms in total. The summed E-state index contributed by atoms with van der Waals surface area (Å²) in [5.74, 6) is -0.0358. The second kappa shape index (κ2) is 6.36. The SMILES string of the molecule is C=P(C)(C)CC(C)[C@H]1O[C@@H](n2c(F)nc3c(N)ccnc32)[C@H](O)[C@@H]1O. The molecule has 138 valence electrons. The average Bonchev–Trinajstić information content (AvgIpc) is 2.97. The van der Waals surface area contributed by atoms with E-state index in [0.717, 1.165) is 10.7 Å². The van der Waals surface area contributed by atoms with Gasteiger partial charge in [0.15, 0.2) is 11.9 Å². The van der Waals surface area contributed by atoms with E-state index in [1.54, 1.807) is 0 Å². The molecule has 5 atom stereocenters. The Morgan fingerprint density at radius 2 is 2.12 bits per heavy atom. The maximum absolute atomic E-state index is 14.4. The zero-order chi connectivity index (χ0) is 18.5. The number of ether oxygens (including phenoxy) is 1. The zero-order valence-electron chi connectivity index (χ0n) is 14.5. The number of halogens is 1. The van der Waals surface area contributed by atoms with Gasteiger partial charge < -0.3 is 20.7 Å². The highest BCUT2D eigenvalue weighted by Crippen LogP contribution is 2.42. The Morgan fingerprint density at radius 3 is 2.76 bits per heavy atom. The molecule has 1 aliphatic heterocycles. The van der Waals surface area contributed by atoms with Crippen LogP contribution in [0.15, 0.2) is 12.3 Å². The van der Waals surface area contributed by atoms with E-state index in [1.165, 1.54) is 12.3 Å². The first-order valence-electron chi connectivity index (χ1n) is 8.07. The summed E-state index contributed by atoms with van der Waals surface area (Å²) in [6, 6.07) is 1.52. The number of imidazole rings is 1. The van der Waals surface area contributed by atoms with Crippen molar-refractivity contribution in [2.24, 2.45) is 5.92 Å². The monoisotopic (exact) mass is 370 g/mol. The Balaban J connectivity index is 1.96. The molecule has 0 radical (unpaired) electrons. The lowest BCUT2D eigenvalue weighted by atomic mass is 10.0. The molecule has 2 aromatic heterocycles. The van der Waals surface area contributed by atoms with Gasteiger partial charge in [0.25, 0.3) is 6.08 Å². The van der Waals surface area contributed by atoms with E-state index in [-0.39, 0.29) is 22.8 Å². The fraction of sp³-hybridized carbons (Fsp3) is 0.562. The van der Waals surface area contributed by atoms with Crippen molar-refractivity contribution in [3.05, 3.63) is 18.3 Å². The van der Waals surface area contributed by atoms with E-state index >= 15 is 0 Å². The highest BCUT2D eigenvalue weighted by Gasteiger charge is 2.47. The van der Waals surface area contributed by atoms with E-state index in [2.05, 4.69) is 29.6 Å². The van der Waals surface area contributed by atoms with Gasteiger partial charge in [0.2, 0.25) is 0 Å². The van der Waals surface area contributed by atoms with Crippen molar-refractivity contribution in [1.82, 2.24) is 14.5 Å². The lowest BCUT2D eigenvalue weighted by molar-refractivity contribution is -0.0537. The molecule has 1 unspecified atom stereocenters. The molecule has 1 fully saturated rings. The lowest BCUT2D eigenvalue weighted by Crippen LogP contribution is -2.36. The summed E-state index contributed by atoms with van der Waals surface area (Å²) in [7, 11) is 0. The van der Waals surface area contributed by atoms with Crippen molar-refractivity contribution in [3.63, 3.8) is 0 Å². The van der Waals surface area contributed by atoms with E-state index < -0.39 is 37.5 Å². The number of aliphatic hydroxyl groups excluding tert-OH is 2. The molecular weight excluding hydrogens is 346 g/mol. The number of hydrogen-bond donors (Lipinski definition) is 3. The fourth-order valence-electron chi connectivity index (χ4n) is 3.46. The van der Waals surface area contributed by atoms with Crippen LogP contribution in [0, 0.1) is 12.0 Å². The van der Waals surface area contributed by atoms with E-state index in [4.69, 9.17) is 10.5 Å². The lowest BCUT2D eigenvalue weighted by Gasteiger charge is -2.26. The number of aromatic nitrogens is 3. The van der Waals surface area contributed by atoms with Crippen LogP contribution in [-0.4, -0.2) is 68.9 Å². The van der Waals surface area contributed by atoms with Crippen LogP contribution in [0.25, 0.3) is 11.2 Å². The van der Waals surface area contributed by atoms with Crippen LogP contribution in [0.4, 0.5) is 10.1 Å². The molecule has 4 N–H and O–H groups in total. The third kappa shape index (κ3) is 3.31. The van der Waals surface area contributed by atoms with Crippen LogP contribution in [0.1, 0.15) is 13.2 Å². The highest BCUT2D eigenvalue weighted by molar-refractivity contribution is 7.72. The number of nitrogens with zero attached hydrogens (tertiary/aromatic N) is 3. The highest BCUT2D eigenvalue weighted by atomic mass is 31.2. The van der Waals surface area contributed by atoms with Crippen LogP contribution in [0.3, 0.4) is 0 Å². The predicted molar refractivity (Wildman–Crippen MR) is 97.7 cm³/mol. The first kappa shape index (κ1) is 18.3. The second-order valence-corrected chi connectivity index (χ2v) is 11.6. The molecule has 3 heterocycles. The molecule has 1 aliphatic rings. The Morgan fingerprint density at radius 1 is 1.44 bits per heavy atom. The fourth-order valence-corrected chi connectivity index (χ4v) is 5.23. The molecule has 25 heavy (non-hydrogen) atoms. The molecule has 3 rings (SSSR count). The van der Waals surface area contributed by atoms with Gasteiger partial charge in [0.1, 0.15) is 17.7 Å². The molecule has 0 aromatic carbocycles. The summed E-state index contributed by atoms with van der Waals surface area (Å²) in [6.07, 6.45) is 1.35. The molecule has 2 aromatic rings. The van der Waals surface area contributed by atoms with Crippen LogP contribution in [0.2, 0.25) is 0 Å². The first-order valence-corrected chi connectivity index (χ1v) is 11.1. The number of rotatable bonds is 4. The third-order valence-electron chi connectivity index (χ3n) is 4.44. The van der Waals surface area contributed by atoms with E-state index in [9.17, 15) is 14.6 Å². The molecule has 0 bridgehead atoms. The molecule has 0 saturated carbocycles. The molecule has 0 spiro atoms. The van der Waals surface area contributed by atoms with Crippen LogP contribution >= 0.6 is 6.89 Å². The number of aliphatic hydroxyl groups is 2. The maximum Gasteiger partial charge on any atom is 0.293 e. The van der Waals surface area contributed by atoms with Crippen LogP contribution < -0.4 is 5.73 Å². The Labute approximate surface area is 145 Å². The number of hydrogen-bond acceptors (Lipinski definition) is 6. The summed E-state index contributed by atoms with van der Waals surface area (Å²) in [6.45, 7) is 4.77. The quantitative estimate of drug-likeness (QED) is 0.697. The van der Waals surface area contributed by atoms with Crippen LogP contribution in [0.5, 0.6) is 0 Å². The first-order chi connectivity index (χ1) is 11.6. The Bertz CT molecular complexity index is 836. The number of nitrogens with two attached hydrogens (primary N) is 1.